The minimum absolute atomic E-state index is 0.135. The summed E-state index contributed by atoms with van der Waals surface area (Å²) in [5, 5.41) is 5.96. The number of nitrogens with zero attached hydrogens (tertiary/aromatic N) is 2. The van der Waals surface area contributed by atoms with Crippen LogP contribution in [0.25, 0.3) is 5.65 Å². The van der Waals surface area contributed by atoms with Crippen LogP contribution in [0.15, 0.2) is 83.8 Å². The summed E-state index contributed by atoms with van der Waals surface area (Å²) in [4.78, 5) is 28.6. The Balaban J connectivity index is 1.37. The second kappa shape index (κ2) is 8.67. The summed E-state index contributed by atoms with van der Waals surface area (Å²) in [7, 11) is 0. The van der Waals surface area contributed by atoms with E-state index in [4.69, 9.17) is 16.3 Å². The van der Waals surface area contributed by atoms with E-state index in [0.717, 1.165) is 0 Å². The molecule has 4 aromatic rings. The topological polar surface area (TPSA) is 84.7 Å². The average molecular weight is 421 g/mol. The van der Waals surface area contributed by atoms with Gasteiger partial charge in [0.15, 0.2) is 0 Å². The molecule has 2 heterocycles. The summed E-state index contributed by atoms with van der Waals surface area (Å²) in [6.07, 6.45) is 1.52. The van der Waals surface area contributed by atoms with Gasteiger partial charge in [-0.25, -0.2) is 9.78 Å². The molecule has 0 unspecified atom stereocenters. The summed E-state index contributed by atoms with van der Waals surface area (Å²) in [5.41, 5.74) is 2.09. The zero-order chi connectivity index (χ0) is 20.9. The minimum Gasteiger partial charge on any atom is -0.487 e. The van der Waals surface area contributed by atoms with Gasteiger partial charge in [0.25, 0.3) is 5.56 Å². The number of ether oxygens (including phenoxy) is 1. The maximum atomic E-state index is 12.2. The van der Waals surface area contributed by atoms with Crippen molar-refractivity contribution in [3.05, 3.63) is 100 Å². The van der Waals surface area contributed by atoms with Crippen LogP contribution in [-0.4, -0.2) is 15.4 Å². The second-order valence-electron chi connectivity index (χ2n) is 6.42. The van der Waals surface area contributed by atoms with Crippen molar-refractivity contribution in [2.45, 2.75) is 6.61 Å². The highest BCUT2D eigenvalue weighted by molar-refractivity contribution is 6.30. The molecule has 0 saturated carbocycles. The highest BCUT2D eigenvalue weighted by Crippen LogP contribution is 2.17. The molecule has 0 bridgehead atoms. The van der Waals surface area contributed by atoms with E-state index >= 15 is 0 Å². The molecular formula is C22H17ClN4O3. The number of benzene rings is 2. The fourth-order valence-corrected chi connectivity index (χ4v) is 2.97. The maximum Gasteiger partial charge on any atom is 0.323 e. The van der Waals surface area contributed by atoms with Gasteiger partial charge in [-0.2, -0.15) is 0 Å². The Hall–Kier alpha value is -3.84. The van der Waals surface area contributed by atoms with Crippen molar-refractivity contribution >= 4 is 34.7 Å². The van der Waals surface area contributed by atoms with Gasteiger partial charge in [0.05, 0.1) is 10.7 Å². The van der Waals surface area contributed by atoms with Gasteiger partial charge < -0.3 is 15.4 Å². The number of carbonyl (C=O) groups is 1. The first-order valence-electron chi connectivity index (χ1n) is 9.10. The average Bonchev–Trinajstić information content (AvgIpc) is 2.74. The molecule has 0 radical (unpaired) electrons. The van der Waals surface area contributed by atoms with Crippen molar-refractivity contribution in [2.24, 2.45) is 0 Å². The first-order valence-corrected chi connectivity index (χ1v) is 9.48. The Bertz CT molecular complexity index is 1240. The Kier molecular flexibility index (Phi) is 5.63. The molecular weight excluding hydrogens is 404 g/mol. The monoisotopic (exact) mass is 420 g/mol. The van der Waals surface area contributed by atoms with E-state index in [1.54, 1.807) is 48.5 Å². The Morgan fingerprint density at radius 3 is 2.40 bits per heavy atom. The van der Waals surface area contributed by atoms with E-state index in [0.29, 0.717) is 33.5 Å². The molecule has 0 atom stereocenters. The zero-order valence-electron chi connectivity index (χ0n) is 15.7. The van der Waals surface area contributed by atoms with Crippen LogP contribution in [-0.2, 0) is 6.61 Å². The molecule has 0 saturated heterocycles. The van der Waals surface area contributed by atoms with E-state index in [1.165, 1.54) is 16.7 Å². The van der Waals surface area contributed by atoms with Gasteiger partial charge in [-0.05, 0) is 48.5 Å². The van der Waals surface area contributed by atoms with Gasteiger partial charge in [-0.15, -0.1) is 0 Å². The first kappa shape index (κ1) is 19.5. The molecule has 2 N–H and O–H groups in total. The van der Waals surface area contributed by atoms with E-state index in [-0.39, 0.29) is 18.2 Å². The Labute approximate surface area is 176 Å². The smallest absolute Gasteiger partial charge is 0.323 e. The largest absolute Gasteiger partial charge is 0.487 e. The summed E-state index contributed by atoms with van der Waals surface area (Å²) in [6.45, 7) is 0.135. The van der Waals surface area contributed by atoms with Gasteiger partial charge >= 0.3 is 6.03 Å². The second-order valence-corrected chi connectivity index (χ2v) is 6.86. The number of urea groups is 1. The third kappa shape index (κ3) is 4.76. The number of hydrogen-bond donors (Lipinski definition) is 2. The number of hydrogen-bond acceptors (Lipinski definition) is 4. The zero-order valence-corrected chi connectivity index (χ0v) is 16.5. The van der Waals surface area contributed by atoms with E-state index < -0.39 is 0 Å². The van der Waals surface area contributed by atoms with Gasteiger partial charge in [0.1, 0.15) is 18.0 Å². The number of aromatic nitrogens is 2. The quantitative estimate of drug-likeness (QED) is 0.495. The van der Waals surface area contributed by atoms with Crippen LogP contribution >= 0.6 is 11.6 Å². The van der Waals surface area contributed by atoms with E-state index in [2.05, 4.69) is 15.6 Å². The van der Waals surface area contributed by atoms with Crippen LogP contribution in [0.1, 0.15) is 5.69 Å². The van der Waals surface area contributed by atoms with Crippen molar-refractivity contribution in [3.8, 4) is 5.75 Å². The molecule has 0 aliphatic carbocycles. The third-order valence-electron chi connectivity index (χ3n) is 4.21. The third-order valence-corrected chi connectivity index (χ3v) is 4.43. The number of carbonyl (C=O) groups excluding carboxylic acids is 1. The number of rotatable bonds is 5. The van der Waals surface area contributed by atoms with Crippen molar-refractivity contribution < 1.29 is 9.53 Å². The summed E-state index contributed by atoms with van der Waals surface area (Å²) in [5.74, 6) is 0.585. The fraction of sp³-hybridized carbons (Fsp3) is 0.0455. The number of pyridine rings is 1. The van der Waals surface area contributed by atoms with Gasteiger partial charge in [-0.1, -0.05) is 29.8 Å². The van der Waals surface area contributed by atoms with Crippen LogP contribution in [0, 0.1) is 0 Å². The summed E-state index contributed by atoms with van der Waals surface area (Å²) < 4.78 is 7.09. The van der Waals surface area contributed by atoms with Crippen molar-refractivity contribution in [1.29, 1.82) is 0 Å². The molecule has 0 aliphatic heterocycles. The first-order chi connectivity index (χ1) is 14.6. The number of nitrogens with one attached hydrogen (secondary N) is 2. The van der Waals surface area contributed by atoms with Crippen LogP contribution in [0.3, 0.4) is 0 Å². The Morgan fingerprint density at radius 1 is 0.967 bits per heavy atom. The lowest BCUT2D eigenvalue weighted by atomic mass is 10.3. The molecule has 30 heavy (non-hydrogen) atoms. The van der Waals surface area contributed by atoms with Gasteiger partial charge in [0.2, 0.25) is 0 Å². The summed E-state index contributed by atoms with van der Waals surface area (Å²) in [6, 6.07) is 20.5. The highest BCUT2D eigenvalue weighted by Gasteiger charge is 2.06. The number of halogens is 1. The number of amides is 2. The lowest BCUT2D eigenvalue weighted by Crippen LogP contribution is -2.19. The maximum absolute atomic E-state index is 12.2. The molecule has 7 nitrogen and oxygen atoms in total. The Morgan fingerprint density at radius 2 is 1.67 bits per heavy atom. The SMILES string of the molecule is O=C(Nc1ccccc1)Nc1ccc(OCc2cc(=O)n3cc(Cl)ccc3n2)cc1. The van der Waals surface area contributed by atoms with Crippen molar-refractivity contribution in [2.75, 3.05) is 10.6 Å². The fourth-order valence-electron chi connectivity index (χ4n) is 2.81. The van der Waals surface area contributed by atoms with E-state index in [9.17, 15) is 9.59 Å². The molecule has 2 amide bonds. The van der Waals surface area contributed by atoms with Gasteiger partial charge in [-0.3, -0.25) is 9.20 Å². The molecule has 8 heteroatoms. The predicted molar refractivity (Wildman–Crippen MR) is 116 cm³/mol. The molecule has 0 aliphatic rings. The summed E-state index contributed by atoms with van der Waals surface area (Å²) >= 11 is 5.91. The van der Waals surface area contributed by atoms with Crippen LogP contribution in [0.4, 0.5) is 16.2 Å². The number of anilines is 2. The predicted octanol–water partition coefficient (Wildman–Crippen LogP) is 4.57. The number of para-hydroxylation sites is 1. The van der Waals surface area contributed by atoms with Gasteiger partial charge in [0, 0.05) is 23.6 Å². The molecule has 0 spiro atoms. The molecule has 2 aromatic carbocycles. The van der Waals surface area contributed by atoms with Crippen LogP contribution in [0.5, 0.6) is 5.75 Å². The van der Waals surface area contributed by atoms with Crippen LogP contribution < -0.4 is 20.9 Å². The van der Waals surface area contributed by atoms with Crippen molar-refractivity contribution in [1.82, 2.24) is 9.38 Å². The molecule has 2 aromatic heterocycles. The molecule has 0 fully saturated rings. The molecule has 4 rings (SSSR count). The van der Waals surface area contributed by atoms with Crippen LogP contribution in [0.2, 0.25) is 5.02 Å². The number of fused-ring (bicyclic) bond motifs is 1. The highest BCUT2D eigenvalue weighted by atomic mass is 35.5. The minimum atomic E-state index is -0.337. The van der Waals surface area contributed by atoms with E-state index in [1.807, 2.05) is 18.2 Å². The van der Waals surface area contributed by atoms with Crippen molar-refractivity contribution in [3.63, 3.8) is 0 Å². The lowest BCUT2D eigenvalue weighted by Gasteiger charge is -2.10. The normalized spacial score (nSPS) is 10.6. The molecule has 150 valence electrons. The standard InChI is InChI=1S/C22H17ClN4O3/c23-15-6-11-20-24-18(12-21(28)27(20)13-15)14-30-19-9-7-17(8-10-19)26-22(29)25-16-4-2-1-3-5-16/h1-13H,14H2,(H2,25,26,29). The lowest BCUT2D eigenvalue weighted by molar-refractivity contribution is 0.262.